The van der Waals surface area contributed by atoms with Gasteiger partial charge in [-0.2, -0.15) is 0 Å². The number of imide groups is 1. The van der Waals surface area contributed by atoms with E-state index in [1.165, 1.54) is 30.3 Å². The van der Waals surface area contributed by atoms with E-state index in [2.05, 4.69) is 15.9 Å². The van der Waals surface area contributed by atoms with Gasteiger partial charge in [-0.25, -0.2) is 4.90 Å². The Bertz CT molecular complexity index is 1280. The van der Waals surface area contributed by atoms with Crippen LogP contribution in [-0.2, 0) is 0 Å². The Morgan fingerprint density at radius 1 is 0.690 bits per heavy atom. The number of phenolic OH excluding ortho intramolecular Hbond substituents is 1. The van der Waals surface area contributed by atoms with Crippen LogP contribution in [0.15, 0.2) is 59.1 Å². The molecule has 1 aliphatic carbocycles. The van der Waals surface area contributed by atoms with E-state index in [9.17, 15) is 24.3 Å². The Balaban J connectivity index is 1.82. The van der Waals surface area contributed by atoms with Gasteiger partial charge in [-0.05, 0) is 34.1 Å². The Labute approximate surface area is 172 Å². The summed E-state index contributed by atoms with van der Waals surface area (Å²) < 4.78 is 0.156. The molecule has 0 spiro atoms. The minimum Gasteiger partial charge on any atom is -0.507 e. The van der Waals surface area contributed by atoms with Crippen LogP contribution < -0.4 is 4.90 Å². The number of halogens is 1. The van der Waals surface area contributed by atoms with E-state index in [0.717, 1.165) is 4.90 Å². The fraction of sp³-hybridized carbons (Fsp3) is 0. The predicted octanol–water partition coefficient (Wildman–Crippen LogP) is 3.73. The summed E-state index contributed by atoms with van der Waals surface area (Å²) in [6.07, 6.45) is 0. The number of phenols is 1. The van der Waals surface area contributed by atoms with Crippen LogP contribution in [0, 0.1) is 0 Å². The zero-order valence-corrected chi connectivity index (χ0v) is 16.2. The molecule has 1 aliphatic heterocycles. The standard InChI is InChI=1S/C22H10BrNO5/c23-14-9-15(25)16-17(20(27)11-6-2-1-5-10(11)19(16)26)18(14)24-21(28)12-7-3-4-8-13(12)22(24)29/h1-9,25H. The van der Waals surface area contributed by atoms with Crippen LogP contribution in [0.1, 0.15) is 52.6 Å². The molecular formula is C22H10BrNO5. The lowest BCUT2D eigenvalue weighted by molar-refractivity contribution is 0.0922. The molecule has 0 atom stereocenters. The maximum absolute atomic E-state index is 13.3. The molecule has 0 aromatic heterocycles. The van der Waals surface area contributed by atoms with Gasteiger partial charge in [0.2, 0.25) is 0 Å². The average Bonchev–Trinajstić information content (AvgIpc) is 2.97. The highest BCUT2D eigenvalue weighted by Gasteiger charge is 2.43. The summed E-state index contributed by atoms with van der Waals surface area (Å²) in [5.41, 5.74) is 0.300. The number of aromatic hydroxyl groups is 1. The van der Waals surface area contributed by atoms with Crippen molar-refractivity contribution < 1.29 is 24.3 Å². The number of anilines is 1. The van der Waals surface area contributed by atoms with Crippen molar-refractivity contribution >= 4 is 45.0 Å². The van der Waals surface area contributed by atoms with Crippen LogP contribution in [0.5, 0.6) is 5.75 Å². The number of carbonyl (C=O) groups excluding carboxylic acids is 4. The highest BCUT2D eigenvalue weighted by atomic mass is 79.9. The summed E-state index contributed by atoms with van der Waals surface area (Å²) in [6.45, 7) is 0. The maximum Gasteiger partial charge on any atom is 0.266 e. The number of carbonyl (C=O) groups is 4. The van der Waals surface area contributed by atoms with Gasteiger partial charge in [0, 0.05) is 15.6 Å². The molecule has 7 heteroatoms. The zero-order valence-electron chi connectivity index (χ0n) is 14.6. The van der Waals surface area contributed by atoms with E-state index in [0.29, 0.717) is 0 Å². The molecule has 2 aliphatic rings. The summed E-state index contributed by atoms with van der Waals surface area (Å²) >= 11 is 3.25. The minimum atomic E-state index is -0.599. The lowest BCUT2D eigenvalue weighted by atomic mass is 9.82. The molecule has 29 heavy (non-hydrogen) atoms. The molecule has 0 saturated heterocycles. The summed E-state index contributed by atoms with van der Waals surface area (Å²) in [5.74, 6) is -2.69. The van der Waals surface area contributed by atoms with Crippen molar-refractivity contribution in [3.05, 3.63) is 92.5 Å². The van der Waals surface area contributed by atoms with Gasteiger partial charge in [-0.1, -0.05) is 36.4 Å². The summed E-state index contributed by atoms with van der Waals surface area (Å²) in [4.78, 5) is 53.2. The molecular weight excluding hydrogens is 438 g/mol. The Hall–Kier alpha value is -3.58. The molecule has 0 radical (unpaired) electrons. The number of fused-ring (bicyclic) bond motifs is 3. The molecule has 6 nitrogen and oxygen atoms in total. The maximum atomic E-state index is 13.3. The third kappa shape index (κ3) is 2.22. The van der Waals surface area contributed by atoms with Crippen LogP contribution in [-0.4, -0.2) is 28.5 Å². The number of hydrogen-bond acceptors (Lipinski definition) is 5. The van der Waals surface area contributed by atoms with E-state index >= 15 is 0 Å². The van der Waals surface area contributed by atoms with E-state index in [-0.39, 0.29) is 43.5 Å². The van der Waals surface area contributed by atoms with Crippen molar-refractivity contribution in [3.8, 4) is 5.75 Å². The quantitative estimate of drug-likeness (QED) is 0.448. The Morgan fingerprint density at radius 3 is 1.66 bits per heavy atom. The van der Waals surface area contributed by atoms with Gasteiger partial charge in [0.1, 0.15) is 5.75 Å². The molecule has 0 saturated carbocycles. The van der Waals surface area contributed by atoms with E-state index in [4.69, 9.17) is 0 Å². The number of nitrogens with zero attached hydrogens (tertiary/aromatic N) is 1. The molecule has 2 amide bonds. The molecule has 0 unspecified atom stereocenters. The number of hydrogen-bond donors (Lipinski definition) is 1. The second-order valence-electron chi connectivity index (χ2n) is 6.67. The number of rotatable bonds is 1. The molecule has 5 rings (SSSR count). The first-order valence-corrected chi connectivity index (χ1v) is 9.42. The largest absolute Gasteiger partial charge is 0.507 e. The van der Waals surface area contributed by atoms with Gasteiger partial charge >= 0.3 is 0 Å². The van der Waals surface area contributed by atoms with Gasteiger partial charge in [0.15, 0.2) is 11.6 Å². The summed E-state index contributed by atoms with van der Waals surface area (Å²) in [7, 11) is 0. The molecule has 0 fully saturated rings. The molecule has 140 valence electrons. The van der Waals surface area contributed by atoms with Crippen LogP contribution in [0.2, 0.25) is 0 Å². The Morgan fingerprint density at radius 2 is 1.14 bits per heavy atom. The van der Waals surface area contributed by atoms with Crippen molar-refractivity contribution in [1.82, 2.24) is 0 Å². The van der Waals surface area contributed by atoms with Gasteiger partial charge < -0.3 is 5.11 Å². The fourth-order valence-electron chi connectivity index (χ4n) is 3.84. The first-order chi connectivity index (χ1) is 13.9. The summed E-state index contributed by atoms with van der Waals surface area (Å²) in [5, 5.41) is 10.4. The third-order valence-corrected chi connectivity index (χ3v) is 5.73. The zero-order chi connectivity index (χ0) is 20.4. The van der Waals surface area contributed by atoms with Gasteiger partial charge in [-0.3, -0.25) is 19.2 Å². The monoisotopic (exact) mass is 447 g/mol. The molecule has 0 bridgehead atoms. The van der Waals surface area contributed by atoms with E-state index < -0.39 is 29.1 Å². The fourth-order valence-corrected chi connectivity index (χ4v) is 4.43. The highest BCUT2D eigenvalue weighted by molar-refractivity contribution is 9.10. The van der Waals surface area contributed by atoms with E-state index in [1.54, 1.807) is 24.3 Å². The van der Waals surface area contributed by atoms with Crippen molar-refractivity contribution in [1.29, 1.82) is 0 Å². The highest BCUT2D eigenvalue weighted by Crippen LogP contribution is 2.45. The number of ketones is 2. The normalized spacial score (nSPS) is 14.7. The minimum absolute atomic E-state index is 0.0446. The average molecular weight is 448 g/mol. The SMILES string of the molecule is O=C1c2ccccc2C(=O)c2c1c(O)cc(Br)c2N1C(=O)c2ccccc2C1=O. The molecule has 1 N–H and O–H groups in total. The van der Waals surface area contributed by atoms with Gasteiger partial charge in [-0.15, -0.1) is 0 Å². The molecule has 3 aromatic carbocycles. The summed E-state index contributed by atoms with van der Waals surface area (Å²) in [6, 6.07) is 13.8. The third-order valence-electron chi connectivity index (χ3n) is 5.12. The first kappa shape index (κ1) is 17.5. The van der Waals surface area contributed by atoms with Crippen LogP contribution in [0.25, 0.3) is 0 Å². The first-order valence-electron chi connectivity index (χ1n) is 8.63. The second kappa shape index (κ2) is 5.96. The molecule has 3 aromatic rings. The smallest absolute Gasteiger partial charge is 0.266 e. The van der Waals surface area contributed by atoms with E-state index in [1.807, 2.05) is 0 Å². The van der Waals surface area contributed by atoms with Crippen LogP contribution in [0.4, 0.5) is 5.69 Å². The van der Waals surface area contributed by atoms with Crippen molar-refractivity contribution in [2.45, 2.75) is 0 Å². The number of amides is 2. The lowest BCUT2D eigenvalue weighted by Gasteiger charge is -2.25. The van der Waals surface area contributed by atoms with Crippen molar-refractivity contribution in [2.24, 2.45) is 0 Å². The van der Waals surface area contributed by atoms with Crippen LogP contribution in [0.3, 0.4) is 0 Å². The van der Waals surface area contributed by atoms with Gasteiger partial charge in [0.25, 0.3) is 11.8 Å². The van der Waals surface area contributed by atoms with Gasteiger partial charge in [0.05, 0.1) is 27.9 Å². The Kier molecular flexibility index (Phi) is 3.60. The number of benzene rings is 3. The lowest BCUT2D eigenvalue weighted by Crippen LogP contribution is -2.33. The molecule has 1 heterocycles. The van der Waals surface area contributed by atoms with Crippen LogP contribution >= 0.6 is 15.9 Å². The van der Waals surface area contributed by atoms with Crippen molar-refractivity contribution in [2.75, 3.05) is 4.90 Å². The van der Waals surface area contributed by atoms with Crippen molar-refractivity contribution in [3.63, 3.8) is 0 Å². The predicted molar refractivity (Wildman–Crippen MR) is 107 cm³/mol. The topological polar surface area (TPSA) is 91.8 Å². The second-order valence-corrected chi connectivity index (χ2v) is 7.53.